The van der Waals surface area contributed by atoms with E-state index in [-0.39, 0.29) is 5.91 Å². The van der Waals surface area contributed by atoms with Gasteiger partial charge >= 0.3 is 0 Å². The maximum atomic E-state index is 13.6. The van der Waals surface area contributed by atoms with E-state index < -0.39 is 23.2 Å². The zero-order valence-electron chi connectivity index (χ0n) is 14.7. The summed E-state index contributed by atoms with van der Waals surface area (Å²) in [6.07, 6.45) is 2.52. The SMILES string of the molecule is CC(=O)N(c1ccccc1)c1nc(C=CC(=O)Nc2c(F)cccc2F)cs1. The van der Waals surface area contributed by atoms with E-state index in [1.807, 2.05) is 18.2 Å². The standard InChI is InChI=1S/C20H15F2N3O2S/c1-13(26)25(15-6-3-2-4-7-15)20-23-14(12-28-20)10-11-18(27)24-19-16(21)8-5-9-17(19)22/h2-12H,1H3,(H,24,27). The molecular weight excluding hydrogens is 384 g/mol. The van der Waals surface area contributed by atoms with Crippen LogP contribution in [0, 0.1) is 11.6 Å². The lowest BCUT2D eigenvalue weighted by Crippen LogP contribution is -2.22. The van der Waals surface area contributed by atoms with E-state index >= 15 is 0 Å². The number of nitrogens with zero attached hydrogens (tertiary/aromatic N) is 2. The third-order valence-corrected chi connectivity index (χ3v) is 4.49. The van der Waals surface area contributed by atoms with Gasteiger partial charge in [-0.25, -0.2) is 13.8 Å². The van der Waals surface area contributed by atoms with Gasteiger partial charge in [-0.1, -0.05) is 24.3 Å². The molecular formula is C20H15F2N3O2S. The highest BCUT2D eigenvalue weighted by molar-refractivity contribution is 7.14. The van der Waals surface area contributed by atoms with E-state index in [1.165, 1.54) is 35.3 Å². The number of rotatable bonds is 5. The molecule has 0 atom stereocenters. The molecule has 0 spiro atoms. The van der Waals surface area contributed by atoms with Gasteiger partial charge < -0.3 is 5.32 Å². The molecule has 0 aliphatic rings. The zero-order chi connectivity index (χ0) is 20.1. The molecule has 1 N–H and O–H groups in total. The number of carbonyl (C=O) groups is 2. The van der Waals surface area contributed by atoms with Crippen LogP contribution >= 0.6 is 11.3 Å². The van der Waals surface area contributed by atoms with Crippen LogP contribution in [0.1, 0.15) is 12.6 Å². The van der Waals surface area contributed by atoms with Gasteiger partial charge in [0.1, 0.15) is 17.3 Å². The topological polar surface area (TPSA) is 62.3 Å². The van der Waals surface area contributed by atoms with Crippen molar-refractivity contribution in [3.8, 4) is 0 Å². The fourth-order valence-corrected chi connectivity index (χ4v) is 3.26. The summed E-state index contributed by atoms with van der Waals surface area (Å²) in [4.78, 5) is 29.8. The minimum absolute atomic E-state index is 0.205. The van der Waals surface area contributed by atoms with E-state index in [0.717, 1.165) is 18.2 Å². The number of nitrogens with one attached hydrogen (secondary N) is 1. The molecule has 0 aliphatic carbocycles. The predicted octanol–water partition coefficient (Wildman–Crippen LogP) is 4.76. The summed E-state index contributed by atoms with van der Waals surface area (Å²) in [6.45, 7) is 1.43. The summed E-state index contributed by atoms with van der Waals surface area (Å²) in [5.74, 6) is -2.64. The summed E-state index contributed by atoms with van der Waals surface area (Å²) in [6, 6.07) is 12.3. The van der Waals surface area contributed by atoms with Crippen molar-refractivity contribution >= 4 is 45.7 Å². The summed E-state index contributed by atoms with van der Waals surface area (Å²) < 4.78 is 27.2. The Morgan fingerprint density at radius 1 is 1.07 bits per heavy atom. The Balaban J connectivity index is 1.75. The van der Waals surface area contributed by atoms with Gasteiger partial charge in [-0.3, -0.25) is 14.5 Å². The lowest BCUT2D eigenvalue weighted by atomic mass is 10.3. The molecule has 2 aromatic carbocycles. The van der Waals surface area contributed by atoms with Crippen molar-refractivity contribution in [2.45, 2.75) is 6.92 Å². The van der Waals surface area contributed by atoms with Crippen molar-refractivity contribution in [2.24, 2.45) is 0 Å². The summed E-state index contributed by atoms with van der Waals surface area (Å²) in [7, 11) is 0. The Labute approximate surface area is 164 Å². The number of benzene rings is 2. The fourth-order valence-electron chi connectivity index (χ4n) is 2.40. The summed E-state index contributed by atoms with van der Waals surface area (Å²) in [5.41, 5.74) is 0.599. The van der Waals surface area contributed by atoms with E-state index in [0.29, 0.717) is 16.5 Å². The van der Waals surface area contributed by atoms with Crippen LogP contribution in [0.2, 0.25) is 0 Å². The van der Waals surface area contributed by atoms with Crippen LogP contribution in [0.5, 0.6) is 0 Å². The molecule has 0 saturated heterocycles. The number of halogens is 2. The highest BCUT2D eigenvalue weighted by atomic mass is 32.1. The molecule has 0 saturated carbocycles. The molecule has 0 aliphatic heterocycles. The van der Waals surface area contributed by atoms with Crippen molar-refractivity contribution < 1.29 is 18.4 Å². The molecule has 8 heteroatoms. The van der Waals surface area contributed by atoms with Gasteiger partial charge in [0, 0.05) is 18.4 Å². The second-order valence-electron chi connectivity index (χ2n) is 5.66. The molecule has 5 nitrogen and oxygen atoms in total. The predicted molar refractivity (Wildman–Crippen MR) is 105 cm³/mol. The van der Waals surface area contributed by atoms with E-state index in [1.54, 1.807) is 17.5 Å². The van der Waals surface area contributed by atoms with Crippen molar-refractivity contribution in [3.63, 3.8) is 0 Å². The lowest BCUT2D eigenvalue weighted by molar-refractivity contribution is -0.116. The molecule has 2 amide bonds. The molecule has 1 heterocycles. The first-order chi connectivity index (χ1) is 13.5. The first-order valence-corrected chi connectivity index (χ1v) is 9.08. The van der Waals surface area contributed by atoms with E-state index in [2.05, 4.69) is 10.3 Å². The number of carbonyl (C=O) groups excluding carboxylic acids is 2. The van der Waals surface area contributed by atoms with E-state index in [4.69, 9.17) is 0 Å². The molecule has 3 aromatic rings. The average molecular weight is 399 g/mol. The minimum Gasteiger partial charge on any atom is -0.318 e. The highest BCUT2D eigenvalue weighted by Crippen LogP contribution is 2.29. The van der Waals surface area contributed by atoms with Crippen molar-refractivity contribution in [1.29, 1.82) is 0 Å². The van der Waals surface area contributed by atoms with E-state index in [9.17, 15) is 18.4 Å². The van der Waals surface area contributed by atoms with Gasteiger partial charge in [0.15, 0.2) is 5.13 Å². The number of anilines is 3. The van der Waals surface area contributed by atoms with Crippen LogP contribution in [0.15, 0.2) is 60.0 Å². The Morgan fingerprint density at radius 2 is 1.75 bits per heavy atom. The molecule has 1 aromatic heterocycles. The maximum Gasteiger partial charge on any atom is 0.248 e. The molecule has 0 bridgehead atoms. The van der Waals surface area contributed by atoms with Crippen LogP contribution in [0.25, 0.3) is 6.08 Å². The third kappa shape index (κ3) is 4.47. The number of hydrogen-bond donors (Lipinski definition) is 1. The van der Waals surface area contributed by atoms with Gasteiger partial charge in [-0.15, -0.1) is 11.3 Å². The fraction of sp³-hybridized carbons (Fsp3) is 0.0500. The van der Waals surface area contributed by atoms with Gasteiger partial charge in [-0.2, -0.15) is 0 Å². The molecule has 28 heavy (non-hydrogen) atoms. The number of aromatic nitrogens is 1. The Bertz CT molecular complexity index is 1010. The van der Waals surface area contributed by atoms with Crippen LogP contribution in [-0.4, -0.2) is 16.8 Å². The second kappa shape index (κ2) is 8.53. The summed E-state index contributed by atoms with van der Waals surface area (Å²) in [5, 5.41) is 4.27. The van der Waals surface area contributed by atoms with Gasteiger partial charge in [0.25, 0.3) is 0 Å². The second-order valence-corrected chi connectivity index (χ2v) is 6.50. The van der Waals surface area contributed by atoms with Gasteiger partial charge in [-0.05, 0) is 30.3 Å². The third-order valence-electron chi connectivity index (χ3n) is 3.65. The quantitative estimate of drug-likeness (QED) is 0.630. The lowest BCUT2D eigenvalue weighted by Gasteiger charge is -2.17. The van der Waals surface area contributed by atoms with Gasteiger partial charge in [0.05, 0.1) is 11.4 Å². The number of para-hydroxylation sites is 2. The monoisotopic (exact) mass is 399 g/mol. The van der Waals surface area contributed by atoms with Crippen LogP contribution in [0.3, 0.4) is 0 Å². The first kappa shape index (κ1) is 19.4. The highest BCUT2D eigenvalue weighted by Gasteiger charge is 2.17. The Morgan fingerprint density at radius 3 is 2.39 bits per heavy atom. The molecule has 0 unspecified atom stereocenters. The normalized spacial score (nSPS) is 10.8. The summed E-state index contributed by atoms with van der Waals surface area (Å²) >= 11 is 1.23. The Hall–Kier alpha value is -3.39. The number of thiazole rings is 1. The number of hydrogen-bond acceptors (Lipinski definition) is 4. The average Bonchev–Trinajstić information content (AvgIpc) is 3.12. The smallest absolute Gasteiger partial charge is 0.248 e. The largest absolute Gasteiger partial charge is 0.318 e. The molecule has 3 rings (SSSR count). The molecule has 0 fully saturated rings. The molecule has 142 valence electrons. The van der Waals surface area contributed by atoms with Crippen LogP contribution in [0.4, 0.5) is 25.3 Å². The van der Waals surface area contributed by atoms with Gasteiger partial charge in [0.2, 0.25) is 11.8 Å². The number of amides is 2. The Kier molecular flexibility index (Phi) is 5.90. The van der Waals surface area contributed by atoms with Crippen LogP contribution < -0.4 is 10.2 Å². The first-order valence-electron chi connectivity index (χ1n) is 8.20. The van der Waals surface area contributed by atoms with Crippen molar-refractivity contribution in [2.75, 3.05) is 10.2 Å². The van der Waals surface area contributed by atoms with Crippen molar-refractivity contribution in [3.05, 3.63) is 77.3 Å². The minimum atomic E-state index is -0.863. The van der Waals surface area contributed by atoms with Crippen molar-refractivity contribution in [1.82, 2.24) is 4.98 Å². The maximum absolute atomic E-state index is 13.6. The zero-order valence-corrected chi connectivity index (χ0v) is 15.5. The molecule has 0 radical (unpaired) electrons. The van der Waals surface area contributed by atoms with Crippen LogP contribution in [-0.2, 0) is 9.59 Å².